The van der Waals surface area contributed by atoms with Crippen LogP contribution in [0.2, 0.25) is 0 Å². The van der Waals surface area contributed by atoms with E-state index in [4.69, 9.17) is 4.52 Å². The van der Waals surface area contributed by atoms with Crippen LogP contribution in [-0.2, 0) is 13.0 Å². The zero-order chi connectivity index (χ0) is 11.4. The Hall–Kier alpha value is -1.91. The minimum atomic E-state index is 0.467. The zero-order valence-electron chi connectivity index (χ0n) is 9.09. The maximum Gasteiger partial charge on any atom is 0.226 e. The Morgan fingerprint density at radius 2 is 2.44 bits per heavy atom. The first-order valence-corrected chi connectivity index (χ1v) is 5.25. The van der Waals surface area contributed by atoms with Crippen molar-refractivity contribution in [3.63, 3.8) is 0 Å². The minimum Gasteiger partial charge on any atom is -0.339 e. The zero-order valence-corrected chi connectivity index (χ0v) is 9.09. The van der Waals surface area contributed by atoms with Crippen LogP contribution in [0.5, 0.6) is 0 Å². The Labute approximate surface area is 93.1 Å². The third kappa shape index (κ3) is 2.18. The lowest BCUT2D eigenvalue weighted by atomic mass is 10.3. The number of hydrogen-bond donors (Lipinski definition) is 0. The molecule has 0 spiro atoms. The summed E-state index contributed by atoms with van der Waals surface area (Å²) in [6.45, 7) is 2.52. The molecular weight excluding hydrogens is 206 g/mol. The van der Waals surface area contributed by atoms with Crippen molar-refractivity contribution in [2.45, 2.75) is 26.3 Å². The summed E-state index contributed by atoms with van der Waals surface area (Å²) < 4.78 is 6.85. The molecule has 0 fully saturated rings. The number of aryl methyl sites for hydroxylation is 1. The van der Waals surface area contributed by atoms with Gasteiger partial charge in [-0.3, -0.25) is 4.79 Å². The van der Waals surface area contributed by atoms with Gasteiger partial charge in [-0.05, 0) is 18.6 Å². The first-order valence-electron chi connectivity index (χ1n) is 5.25. The van der Waals surface area contributed by atoms with Crippen molar-refractivity contribution >= 4 is 6.29 Å². The lowest BCUT2D eigenvalue weighted by Crippen LogP contribution is -2.03. The summed E-state index contributed by atoms with van der Waals surface area (Å²) in [6.07, 6.45) is 4.40. The first-order chi connectivity index (χ1) is 7.83. The van der Waals surface area contributed by atoms with Crippen molar-refractivity contribution in [1.82, 2.24) is 14.7 Å². The molecule has 0 saturated carbocycles. The lowest BCUT2D eigenvalue weighted by Gasteiger charge is -1.99. The van der Waals surface area contributed by atoms with E-state index >= 15 is 0 Å². The van der Waals surface area contributed by atoms with Gasteiger partial charge >= 0.3 is 0 Å². The van der Waals surface area contributed by atoms with Crippen molar-refractivity contribution in [1.29, 1.82) is 0 Å². The van der Waals surface area contributed by atoms with Gasteiger partial charge in [0, 0.05) is 12.6 Å². The number of hydrogen-bond acceptors (Lipinski definition) is 4. The van der Waals surface area contributed by atoms with E-state index in [0.717, 1.165) is 19.1 Å². The van der Waals surface area contributed by atoms with Gasteiger partial charge in [0.15, 0.2) is 12.1 Å². The highest BCUT2D eigenvalue weighted by molar-refractivity contribution is 5.72. The summed E-state index contributed by atoms with van der Waals surface area (Å²) in [6, 6.07) is 3.57. The molecule has 0 radical (unpaired) electrons. The monoisotopic (exact) mass is 219 g/mol. The van der Waals surface area contributed by atoms with Crippen molar-refractivity contribution in [2.75, 3.05) is 0 Å². The number of aromatic nitrogens is 3. The van der Waals surface area contributed by atoms with Crippen LogP contribution < -0.4 is 0 Å². The Bertz CT molecular complexity index is 473. The predicted octanol–water partition coefficient (Wildman–Crippen LogP) is 1.68. The normalized spacial score (nSPS) is 10.6. The fourth-order valence-electron chi connectivity index (χ4n) is 1.50. The van der Waals surface area contributed by atoms with Crippen molar-refractivity contribution < 1.29 is 9.32 Å². The molecule has 5 heteroatoms. The highest BCUT2D eigenvalue weighted by Crippen LogP contribution is 2.05. The van der Waals surface area contributed by atoms with Crippen molar-refractivity contribution in [2.24, 2.45) is 0 Å². The molecule has 0 atom stereocenters. The van der Waals surface area contributed by atoms with Crippen LogP contribution in [0, 0.1) is 0 Å². The fourth-order valence-corrected chi connectivity index (χ4v) is 1.50. The van der Waals surface area contributed by atoms with Gasteiger partial charge in [-0.15, -0.1) is 0 Å². The lowest BCUT2D eigenvalue weighted by molar-refractivity contribution is 0.111. The molecule has 5 nitrogen and oxygen atoms in total. The summed E-state index contributed by atoms with van der Waals surface area (Å²) >= 11 is 0. The number of carbonyl (C=O) groups excluding carboxylic acids is 1. The molecule has 84 valence electrons. The third-order valence-electron chi connectivity index (χ3n) is 2.27. The van der Waals surface area contributed by atoms with E-state index in [1.165, 1.54) is 0 Å². The minimum absolute atomic E-state index is 0.467. The quantitative estimate of drug-likeness (QED) is 0.718. The molecule has 0 amide bonds. The largest absolute Gasteiger partial charge is 0.339 e. The van der Waals surface area contributed by atoms with Crippen LogP contribution in [0.4, 0.5) is 0 Å². The summed E-state index contributed by atoms with van der Waals surface area (Å²) in [4.78, 5) is 14.9. The van der Waals surface area contributed by atoms with Crippen LogP contribution in [0.3, 0.4) is 0 Å². The molecule has 2 aromatic heterocycles. The molecule has 2 rings (SSSR count). The van der Waals surface area contributed by atoms with Gasteiger partial charge in [0.05, 0.1) is 12.2 Å². The van der Waals surface area contributed by atoms with Crippen LogP contribution >= 0.6 is 0 Å². The fraction of sp³-hybridized carbons (Fsp3) is 0.364. The highest BCUT2D eigenvalue weighted by atomic mass is 16.5. The SMILES string of the molecule is CCCc1nc(Cn2cccc2C=O)no1. The van der Waals surface area contributed by atoms with Crippen molar-refractivity contribution in [3.8, 4) is 0 Å². The van der Waals surface area contributed by atoms with Gasteiger partial charge in [0.1, 0.15) is 0 Å². The number of rotatable bonds is 5. The Morgan fingerprint density at radius 3 is 3.19 bits per heavy atom. The molecule has 0 saturated heterocycles. The van der Waals surface area contributed by atoms with E-state index in [0.29, 0.717) is 24.0 Å². The number of nitrogens with zero attached hydrogens (tertiary/aromatic N) is 3. The van der Waals surface area contributed by atoms with E-state index in [1.807, 2.05) is 12.3 Å². The second kappa shape index (κ2) is 4.74. The molecule has 2 heterocycles. The van der Waals surface area contributed by atoms with E-state index in [1.54, 1.807) is 10.6 Å². The molecule has 0 N–H and O–H groups in total. The standard InChI is InChI=1S/C11H13N3O2/c1-2-4-11-12-10(13-16-11)7-14-6-3-5-9(14)8-15/h3,5-6,8H,2,4,7H2,1H3. The van der Waals surface area contributed by atoms with Crippen LogP contribution in [0.1, 0.15) is 35.5 Å². The molecule has 0 unspecified atom stereocenters. The van der Waals surface area contributed by atoms with Crippen LogP contribution in [0.25, 0.3) is 0 Å². The smallest absolute Gasteiger partial charge is 0.226 e. The molecule has 0 aliphatic heterocycles. The summed E-state index contributed by atoms with van der Waals surface area (Å²) in [5, 5.41) is 3.86. The maximum absolute atomic E-state index is 10.7. The molecule has 2 aromatic rings. The van der Waals surface area contributed by atoms with Gasteiger partial charge in [0.25, 0.3) is 0 Å². The Morgan fingerprint density at radius 1 is 1.56 bits per heavy atom. The average molecular weight is 219 g/mol. The Kier molecular flexibility index (Phi) is 3.14. The molecule has 0 aliphatic carbocycles. The van der Waals surface area contributed by atoms with Crippen molar-refractivity contribution in [3.05, 3.63) is 35.7 Å². The first kappa shape index (κ1) is 10.6. The topological polar surface area (TPSA) is 60.9 Å². The van der Waals surface area contributed by atoms with Gasteiger partial charge in [0.2, 0.25) is 5.89 Å². The third-order valence-corrected chi connectivity index (χ3v) is 2.27. The number of aldehydes is 1. The second-order valence-corrected chi connectivity index (χ2v) is 3.53. The molecule has 0 aromatic carbocycles. The average Bonchev–Trinajstić information content (AvgIpc) is 2.89. The molecule has 0 bridgehead atoms. The van der Waals surface area contributed by atoms with Gasteiger partial charge in [-0.2, -0.15) is 4.98 Å². The van der Waals surface area contributed by atoms with Crippen LogP contribution in [0.15, 0.2) is 22.9 Å². The molecular formula is C11H13N3O2. The van der Waals surface area contributed by atoms with E-state index in [-0.39, 0.29) is 0 Å². The predicted molar refractivity (Wildman–Crippen MR) is 57.2 cm³/mol. The molecule has 0 aliphatic rings. The van der Waals surface area contributed by atoms with Gasteiger partial charge in [-0.1, -0.05) is 12.1 Å². The molecule has 16 heavy (non-hydrogen) atoms. The maximum atomic E-state index is 10.7. The summed E-state index contributed by atoms with van der Waals surface area (Å²) in [5.74, 6) is 1.25. The van der Waals surface area contributed by atoms with Crippen LogP contribution in [-0.4, -0.2) is 21.0 Å². The van der Waals surface area contributed by atoms with Gasteiger partial charge < -0.3 is 9.09 Å². The summed E-state index contributed by atoms with van der Waals surface area (Å²) in [7, 11) is 0. The second-order valence-electron chi connectivity index (χ2n) is 3.53. The number of carbonyl (C=O) groups is 1. The van der Waals surface area contributed by atoms with E-state index in [9.17, 15) is 4.79 Å². The highest BCUT2D eigenvalue weighted by Gasteiger charge is 2.07. The van der Waals surface area contributed by atoms with E-state index in [2.05, 4.69) is 17.1 Å². The van der Waals surface area contributed by atoms with Gasteiger partial charge in [-0.25, -0.2) is 0 Å². The Balaban J connectivity index is 2.11. The summed E-state index contributed by atoms with van der Waals surface area (Å²) in [5.41, 5.74) is 0.613. The van der Waals surface area contributed by atoms with E-state index < -0.39 is 0 Å².